The van der Waals surface area contributed by atoms with Crippen LogP contribution >= 0.6 is 0 Å². The fraction of sp³-hybridized carbons (Fsp3) is 0.360. The fourth-order valence-electron chi connectivity index (χ4n) is 4.59. The number of imide groups is 1. The van der Waals surface area contributed by atoms with E-state index in [2.05, 4.69) is 5.32 Å². The summed E-state index contributed by atoms with van der Waals surface area (Å²) in [6.45, 7) is 5.88. The summed E-state index contributed by atoms with van der Waals surface area (Å²) in [6.07, 6.45) is 1.84. The van der Waals surface area contributed by atoms with Gasteiger partial charge in [0.05, 0.1) is 11.1 Å². The maximum Gasteiger partial charge on any atom is 0.262 e. The Morgan fingerprint density at radius 2 is 1.66 bits per heavy atom. The molecule has 32 heavy (non-hydrogen) atoms. The summed E-state index contributed by atoms with van der Waals surface area (Å²) < 4.78 is 0. The second kappa shape index (κ2) is 8.57. The summed E-state index contributed by atoms with van der Waals surface area (Å²) in [6, 6.07) is 11.3. The Morgan fingerprint density at radius 3 is 2.25 bits per heavy atom. The number of hydrogen-bond acceptors (Lipinski definition) is 4. The van der Waals surface area contributed by atoms with Crippen molar-refractivity contribution in [3.63, 3.8) is 0 Å². The lowest BCUT2D eigenvalue weighted by atomic mass is 9.96. The number of carbonyl (C=O) groups is 4. The van der Waals surface area contributed by atoms with Gasteiger partial charge in [0.2, 0.25) is 11.8 Å². The van der Waals surface area contributed by atoms with E-state index in [1.54, 1.807) is 35.2 Å². The van der Waals surface area contributed by atoms with Gasteiger partial charge in [0.1, 0.15) is 6.04 Å². The Kier molecular flexibility index (Phi) is 5.82. The molecule has 7 heteroatoms. The number of fused-ring (bicyclic) bond motifs is 2. The minimum Gasteiger partial charge on any atom is -0.326 e. The van der Waals surface area contributed by atoms with Gasteiger partial charge in [0.15, 0.2) is 0 Å². The first-order chi connectivity index (χ1) is 15.3. The number of hydrogen-bond donors (Lipinski definition) is 1. The van der Waals surface area contributed by atoms with Crippen LogP contribution in [0.5, 0.6) is 0 Å². The molecule has 0 radical (unpaired) electrons. The van der Waals surface area contributed by atoms with Crippen LogP contribution in [-0.2, 0) is 16.0 Å². The molecule has 1 unspecified atom stereocenters. The molecule has 0 aromatic heterocycles. The number of benzene rings is 2. The number of carbonyl (C=O) groups excluding carboxylic acids is 4. The largest absolute Gasteiger partial charge is 0.326 e. The van der Waals surface area contributed by atoms with Gasteiger partial charge in [-0.25, -0.2) is 0 Å². The van der Waals surface area contributed by atoms with Crippen LogP contribution in [0.3, 0.4) is 0 Å². The van der Waals surface area contributed by atoms with E-state index in [0.29, 0.717) is 29.8 Å². The smallest absolute Gasteiger partial charge is 0.262 e. The molecule has 1 atom stereocenters. The first kappa shape index (κ1) is 21.7. The third-order valence-electron chi connectivity index (χ3n) is 5.94. The molecule has 0 fully saturated rings. The lowest BCUT2D eigenvalue weighted by Crippen LogP contribution is -2.52. The topological polar surface area (TPSA) is 86.8 Å². The van der Waals surface area contributed by atoms with Crippen molar-refractivity contribution < 1.29 is 19.2 Å². The van der Waals surface area contributed by atoms with Crippen LogP contribution in [0.15, 0.2) is 42.5 Å². The Labute approximate surface area is 187 Å². The van der Waals surface area contributed by atoms with Crippen LogP contribution in [-0.4, -0.2) is 41.1 Å². The van der Waals surface area contributed by atoms with Crippen molar-refractivity contribution in [2.75, 3.05) is 16.8 Å². The molecule has 2 aromatic rings. The molecular weight excluding hydrogens is 406 g/mol. The van der Waals surface area contributed by atoms with Crippen molar-refractivity contribution in [1.29, 1.82) is 0 Å². The summed E-state index contributed by atoms with van der Waals surface area (Å²) in [4.78, 5) is 54.5. The van der Waals surface area contributed by atoms with E-state index in [9.17, 15) is 19.2 Å². The quantitative estimate of drug-likeness (QED) is 0.730. The monoisotopic (exact) mass is 433 g/mol. The number of nitrogens with one attached hydrogen (secondary N) is 1. The first-order valence-corrected chi connectivity index (χ1v) is 11.0. The highest BCUT2D eigenvalue weighted by Crippen LogP contribution is 2.35. The van der Waals surface area contributed by atoms with Crippen molar-refractivity contribution in [1.82, 2.24) is 4.90 Å². The lowest BCUT2D eigenvalue weighted by molar-refractivity contribution is -0.123. The minimum absolute atomic E-state index is 0.100. The Hall–Kier alpha value is -3.48. The van der Waals surface area contributed by atoms with E-state index in [-0.39, 0.29) is 17.7 Å². The first-order valence-electron chi connectivity index (χ1n) is 11.0. The van der Waals surface area contributed by atoms with Crippen LogP contribution in [0, 0.1) is 5.92 Å². The van der Waals surface area contributed by atoms with Gasteiger partial charge in [-0.1, -0.05) is 32.0 Å². The van der Waals surface area contributed by atoms with E-state index >= 15 is 0 Å². The zero-order chi connectivity index (χ0) is 23.0. The third-order valence-corrected chi connectivity index (χ3v) is 5.94. The van der Waals surface area contributed by atoms with E-state index < -0.39 is 17.9 Å². The van der Waals surface area contributed by atoms with Crippen LogP contribution in [0.2, 0.25) is 0 Å². The standard InChI is InChI=1S/C25H27N3O4/c1-15(2)14-22(28-23(30)17-8-4-5-9-18(17)24(28)31)25(32)27-13-7-10-19-20(26-16(3)29)11-6-12-21(19)27/h4-6,8-9,11-12,15,22H,7,10,13-14H2,1-3H3,(H,26,29). The number of rotatable bonds is 5. The average Bonchev–Trinajstić information content (AvgIpc) is 3.01. The molecule has 0 spiro atoms. The highest BCUT2D eigenvalue weighted by Gasteiger charge is 2.44. The summed E-state index contributed by atoms with van der Waals surface area (Å²) in [7, 11) is 0. The number of amides is 4. The average molecular weight is 434 g/mol. The lowest BCUT2D eigenvalue weighted by Gasteiger charge is -2.36. The van der Waals surface area contributed by atoms with Crippen LogP contribution < -0.4 is 10.2 Å². The van der Waals surface area contributed by atoms with E-state index in [4.69, 9.17) is 0 Å². The van der Waals surface area contributed by atoms with Gasteiger partial charge in [0, 0.05) is 24.8 Å². The Balaban J connectivity index is 1.72. The fourth-order valence-corrected chi connectivity index (χ4v) is 4.59. The van der Waals surface area contributed by atoms with Gasteiger partial charge in [-0.3, -0.25) is 24.1 Å². The van der Waals surface area contributed by atoms with E-state index in [1.807, 2.05) is 26.0 Å². The molecule has 1 N–H and O–H groups in total. The van der Waals surface area contributed by atoms with Crippen molar-refractivity contribution in [3.05, 3.63) is 59.2 Å². The highest BCUT2D eigenvalue weighted by atomic mass is 16.2. The van der Waals surface area contributed by atoms with Crippen LogP contribution in [0.25, 0.3) is 0 Å². The zero-order valence-electron chi connectivity index (χ0n) is 18.6. The summed E-state index contributed by atoms with van der Waals surface area (Å²) in [5.41, 5.74) is 2.98. The third kappa shape index (κ3) is 3.79. The normalized spacial score (nSPS) is 16.1. The van der Waals surface area contributed by atoms with Gasteiger partial charge < -0.3 is 10.2 Å². The molecule has 2 aliphatic heterocycles. The predicted octanol–water partition coefficient (Wildman–Crippen LogP) is 3.64. The van der Waals surface area contributed by atoms with Gasteiger partial charge in [-0.05, 0) is 55.0 Å². The SMILES string of the molecule is CC(=O)Nc1cccc2c1CCCN2C(=O)C(CC(C)C)N1C(=O)c2ccccc2C1=O. The zero-order valence-corrected chi connectivity index (χ0v) is 18.6. The molecule has 2 aliphatic rings. The maximum atomic E-state index is 13.9. The molecule has 7 nitrogen and oxygen atoms in total. The predicted molar refractivity (Wildman–Crippen MR) is 122 cm³/mol. The van der Waals surface area contributed by atoms with Crippen molar-refractivity contribution >= 4 is 35.0 Å². The molecule has 166 valence electrons. The van der Waals surface area contributed by atoms with Gasteiger partial charge in [-0.15, -0.1) is 0 Å². The van der Waals surface area contributed by atoms with Crippen molar-refractivity contribution in [3.8, 4) is 0 Å². The van der Waals surface area contributed by atoms with Crippen molar-refractivity contribution in [2.45, 2.75) is 46.1 Å². The van der Waals surface area contributed by atoms with Gasteiger partial charge in [0.25, 0.3) is 11.8 Å². The van der Waals surface area contributed by atoms with Gasteiger partial charge in [-0.2, -0.15) is 0 Å². The van der Waals surface area contributed by atoms with Crippen LogP contribution in [0.4, 0.5) is 11.4 Å². The highest BCUT2D eigenvalue weighted by molar-refractivity contribution is 6.23. The van der Waals surface area contributed by atoms with Gasteiger partial charge >= 0.3 is 0 Å². The summed E-state index contributed by atoms with van der Waals surface area (Å²) >= 11 is 0. The Bertz CT molecular complexity index is 1070. The molecule has 2 aromatic carbocycles. The van der Waals surface area contributed by atoms with Crippen molar-refractivity contribution in [2.24, 2.45) is 5.92 Å². The number of nitrogens with zero attached hydrogens (tertiary/aromatic N) is 2. The molecule has 0 aliphatic carbocycles. The minimum atomic E-state index is -0.891. The molecule has 4 amide bonds. The summed E-state index contributed by atoms with van der Waals surface area (Å²) in [5, 5.41) is 2.84. The second-order valence-corrected chi connectivity index (χ2v) is 8.75. The van der Waals surface area contributed by atoms with E-state index in [1.165, 1.54) is 6.92 Å². The molecule has 0 saturated carbocycles. The second-order valence-electron chi connectivity index (χ2n) is 8.75. The molecule has 2 heterocycles. The maximum absolute atomic E-state index is 13.9. The molecular formula is C25H27N3O4. The van der Waals surface area contributed by atoms with Crippen LogP contribution in [0.1, 0.15) is 59.9 Å². The summed E-state index contributed by atoms with van der Waals surface area (Å²) in [5.74, 6) is -1.19. The molecule has 4 rings (SSSR count). The molecule has 0 bridgehead atoms. The molecule has 0 saturated heterocycles. The number of anilines is 2. The Morgan fingerprint density at radius 1 is 1.00 bits per heavy atom. The van der Waals surface area contributed by atoms with E-state index in [0.717, 1.165) is 29.0 Å².